The van der Waals surface area contributed by atoms with Gasteiger partial charge in [0.05, 0.1) is 24.2 Å². The number of rotatable bonds is 4. The van der Waals surface area contributed by atoms with Crippen LogP contribution in [0.2, 0.25) is 10.0 Å². The first-order valence-electron chi connectivity index (χ1n) is 7.65. The molecule has 0 aromatic heterocycles. The molecule has 3 atom stereocenters. The van der Waals surface area contributed by atoms with Crippen molar-refractivity contribution in [3.05, 3.63) is 33.6 Å². The van der Waals surface area contributed by atoms with E-state index in [9.17, 15) is 9.18 Å². The highest BCUT2D eigenvalue weighted by molar-refractivity contribution is 6.35. The van der Waals surface area contributed by atoms with E-state index in [0.29, 0.717) is 30.3 Å². The van der Waals surface area contributed by atoms with Gasteiger partial charge in [0, 0.05) is 17.1 Å². The summed E-state index contributed by atoms with van der Waals surface area (Å²) in [6.45, 7) is 5.06. The second-order valence-corrected chi connectivity index (χ2v) is 6.66. The van der Waals surface area contributed by atoms with Crippen molar-refractivity contribution in [3.8, 4) is 0 Å². The van der Waals surface area contributed by atoms with Crippen molar-refractivity contribution in [1.29, 1.82) is 0 Å². The maximum absolute atomic E-state index is 13.7. The normalized spacial score (nSPS) is 21.1. The first-order valence-corrected chi connectivity index (χ1v) is 8.41. The van der Waals surface area contributed by atoms with Crippen LogP contribution in [0.25, 0.3) is 0 Å². The monoisotopic (exact) mass is 362 g/mol. The van der Waals surface area contributed by atoms with E-state index in [0.717, 1.165) is 6.42 Å². The first kappa shape index (κ1) is 18.5. The van der Waals surface area contributed by atoms with Crippen molar-refractivity contribution in [2.45, 2.75) is 32.4 Å². The molecule has 4 nitrogen and oxygen atoms in total. The summed E-state index contributed by atoms with van der Waals surface area (Å²) >= 11 is 11.9. The van der Waals surface area contributed by atoms with E-state index in [-0.39, 0.29) is 16.8 Å². The zero-order chi connectivity index (χ0) is 17.1. The van der Waals surface area contributed by atoms with Gasteiger partial charge in [-0.25, -0.2) is 4.39 Å². The minimum Gasteiger partial charge on any atom is -0.370 e. The van der Waals surface area contributed by atoms with E-state index >= 15 is 0 Å². The van der Waals surface area contributed by atoms with Crippen LogP contribution in [-0.4, -0.2) is 36.5 Å². The summed E-state index contributed by atoms with van der Waals surface area (Å²) in [5.74, 6) is -0.576. The average Bonchev–Trinajstić information content (AvgIpc) is 2.56. The van der Waals surface area contributed by atoms with Gasteiger partial charge in [-0.1, -0.05) is 43.5 Å². The van der Waals surface area contributed by atoms with E-state index < -0.39 is 18.0 Å². The van der Waals surface area contributed by atoms with Gasteiger partial charge in [0.15, 0.2) is 0 Å². The number of nitrogens with two attached hydrogens (primary N) is 1. The lowest BCUT2D eigenvalue weighted by Gasteiger charge is -2.35. The van der Waals surface area contributed by atoms with Gasteiger partial charge in [-0.2, -0.15) is 0 Å². The fraction of sp³-hybridized carbons (Fsp3) is 0.562. The standard InChI is InChI=1S/C16H21Cl2FN2O2/c1-3-9(2)15(20)16(22)21-4-5-23-14(8-21)10-6-13(19)12(18)7-11(10)17/h6-7,9,14-15H,3-5,8,20H2,1-2H3. The maximum atomic E-state index is 13.7. The minimum atomic E-state index is -0.561. The molecular weight excluding hydrogens is 342 g/mol. The van der Waals surface area contributed by atoms with E-state index in [2.05, 4.69) is 0 Å². The third kappa shape index (κ3) is 4.15. The van der Waals surface area contributed by atoms with Gasteiger partial charge in [0.25, 0.3) is 0 Å². The summed E-state index contributed by atoms with van der Waals surface area (Å²) in [7, 11) is 0. The number of morpholine rings is 1. The summed E-state index contributed by atoms with van der Waals surface area (Å²) < 4.78 is 19.4. The SMILES string of the molecule is CCC(C)C(N)C(=O)N1CCOC(c2cc(F)c(Cl)cc2Cl)C1. The average molecular weight is 363 g/mol. The molecule has 1 fully saturated rings. The highest BCUT2D eigenvalue weighted by Crippen LogP contribution is 2.32. The Kier molecular flexibility index (Phi) is 6.26. The summed E-state index contributed by atoms with van der Waals surface area (Å²) in [5.41, 5.74) is 6.51. The van der Waals surface area contributed by atoms with E-state index in [1.54, 1.807) is 4.90 Å². The Balaban J connectivity index is 2.15. The van der Waals surface area contributed by atoms with Gasteiger partial charge in [-0.05, 0) is 18.1 Å². The smallest absolute Gasteiger partial charge is 0.239 e. The Bertz CT molecular complexity index is 585. The lowest BCUT2D eigenvalue weighted by molar-refractivity contribution is -0.141. The van der Waals surface area contributed by atoms with Crippen LogP contribution in [0.5, 0.6) is 0 Å². The van der Waals surface area contributed by atoms with E-state index in [1.165, 1.54) is 12.1 Å². The molecule has 7 heteroatoms. The van der Waals surface area contributed by atoms with Crippen molar-refractivity contribution in [2.24, 2.45) is 11.7 Å². The second kappa shape index (κ2) is 7.79. The molecule has 3 unspecified atom stereocenters. The summed E-state index contributed by atoms with van der Waals surface area (Å²) in [5, 5.41) is 0.281. The lowest BCUT2D eigenvalue weighted by atomic mass is 9.98. The zero-order valence-electron chi connectivity index (χ0n) is 13.2. The number of carbonyl (C=O) groups excluding carboxylic acids is 1. The minimum absolute atomic E-state index is 0.0405. The molecule has 0 aliphatic carbocycles. The number of hydrogen-bond acceptors (Lipinski definition) is 3. The van der Waals surface area contributed by atoms with E-state index in [1.807, 2.05) is 13.8 Å². The molecule has 0 radical (unpaired) electrons. The molecule has 23 heavy (non-hydrogen) atoms. The van der Waals surface area contributed by atoms with Crippen molar-refractivity contribution in [2.75, 3.05) is 19.7 Å². The Morgan fingerprint density at radius 1 is 1.48 bits per heavy atom. The van der Waals surface area contributed by atoms with Crippen LogP contribution in [0.15, 0.2) is 12.1 Å². The molecule has 2 N–H and O–H groups in total. The molecule has 1 aliphatic heterocycles. The molecule has 128 valence electrons. The van der Waals surface area contributed by atoms with Gasteiger partial charge in [0.2, 0.25) is 5.91 Å². The van der Waals surface area contributed by atoms with Crippen LogP contribution < -0.4 is 5.73 Å². The summed E-state index contributed by atoms with van der Waals surface area (Å²) in [6.07, 6.45) is 0.339. The molecule has 0 saturated carbocycles. The van der Waals surface area contributed by atoms with Crippen LogP contribution in [0.4, 0.5) is 4.39 Å². The van der Waals surface area contributed by atoms with Crippen molar-refractivity contribution in [1.82, 2.24) is 4.90 Å². The molecule has 0 bridgehead atoms. The van der Waals surface area contributed by atoms with Crippen LogP contribution in [0.1, 0.15) is 31.9 Å². The second-order valence-electron chi connectivity index (χ2n) is 5.84. The lowest BCUT2D eigenvalue weighted by Crippen LogP contribution is -2.51. The highest BCUT2D eigenvalue weighted by atomic mass is 35.5. The summed E-state index contributed by atoms with van der Waals surface area (Å²) in [4.78, 5) is 14.2. The molecule has 0 spiro atoms. The topological polar surface area (TPSA) is 55.6 Å². The van der Waals surface area contributed by atoms with E-state index in [4.69, 9.17) is 33.7 Å². The van der Waals surface area contributed by atoms with Gasteiger partial charge in [0.1, 0.15) is 11.9 Å². The van der Waals surface area contributed by atoms with Gasteiger partial charge >= 0.3 is 0 Å². The molecule has 2 rings (SSSR count). The van der Waals surface area contributed by atoms with Crippen LogP contribution >= 0.6 is 23.2 Å². The number of amides is 1. The number of ether oxygens (including phenoxy) is 1. The van der Waals surface area contributed by atoms with Crippen molar-refractivity contribution < 1.29 is 13.9 Å². The molecular formula is C16H21Cl2FN2O2. The molecule has 1 aliphatic rings. The molecule has 1 aromatic rings. The fourth-order valence-electron chi connectivity index (χ4n) is 2.53. The molecule has 1 amide bonds. The molecule has 1 saturated heterocycles. The number of benzene rings is 1. The number of hydrogen-bond donors (Lipinski definition) is 1. The Labute approximate surface area is 145 Å². The van der Waals surface area contributed by atoms with Crippen LogP contribution in [-0.2, 0) is 9.53 Å². The van der Waals surface area contributed by atoms with Crippen molar-refractivity contribution in [3.63, 3.8) is 0 Å². The highest BCUT2D eigenvalue weighted by Gasteiger charge is 2.31. The first-order chi connectivity index (χ1) is 10.8. The predicted octanol–water partition coefficient (Wildman–Crippen LogP) is 3.41. The molecule has 1 aromatic carbocycles. The summed E-state index contributed by atoms with van der Waals surface area (Å²) in [6, 6.07) is 2.07. The Hall–Kier alpha value is -0.880. The third-order valence-corrected chi connectivity index (χ3v) is 4.92. The largest absolute Gasteiger partial charge is 0.370 e. The predicted molar refractivity (Wildman–Crippen MR) is 89.1 cm³/mol. The Morgan fingerprint density at radius 2 is 2.17 bits per heavy atom. The van der Waals surface area contributed by atoms with Crippen molar-refractivity contribution >= 4 is 29.1 Å². The number of nitrogens with zero attached hydrogens (tertiary/aromatic N) is 1. The fourth-order valence-corrected chi connectivity index (χ4v) is 3.04. The van der Waals surface area contributed by atoms with Gasteiger partial charge in [-0.3, -0.25) is 4.79 Å². The zero-order valence-corrected chi connectivity index (χ0v) is 14.7. The number of halogens is 3. The third-order valence-electron chi connectivity index (χ3n) is 4.31. The number of carbonyl (C=O) groups is 1. The van der Waals surface area contributed by atoms with Crippen LogP contribution in [0, 0.1) is 11.7 Å². The maximum Gasteiger partial charge on any atom is 0.239 e. The van der Waals surface area contributed by atoms with Gasteiger partial charge < -0.3 is 15.4 Å². The Morgan fingerprint density at radius 3 is 2.83 bits per heavy atom. The van der Waals surface area contributed by atoms with Crippen LogP contribution in [0.3, 0.4) is 0 Å². The quantitative estimate of drug-likeness (QED) is 0.835. The molecule has 1 heterocycles. The van der Waals surface area contributed by atoms with Gasteiger partial charge in [-0.15, -0.1) is 0 Å².